The predicted octanol–water partition coefficient (Wildman–Crippen LogP) is 5.33. The molecular formula is C13H19Br2NS. The van der Waals surface area contributed by atoms with E-state index in [1.807, 2.05) is 0 Å². The molecular weight excluding hydrogens is 362 g/mol. The first-order chi connectivity index (χ1) is 8.25. The standard InChI is InChI=1S/C13H19Br2NS/c14-12-8-11(17-13(12)15)9-16-7-3-6-10-4-1-2-5-10/h8,10,16H,1-7,9H2. The molecule has 1 aliphatic carbocycles. The Labute approximate surface area is 125 Å². The molecule has 1 N–H and O–H groups in total. The van der Waals surface area contributed by atoms with Gasteiger partial charge in [0.2, 0.25) is 0 Å². The van der Waals surface area contributed by atoms with E-state index in [0.717, 1.165) is 19.0 Å². The minimum absolute atomic E-state index is 1.000. The maximum absolute atomic E-state index is 3.53. The van der Waals surface area contributed by atoms with Crippen LogP contribution >= 0.6 is 43.2 Å². The van der Waals surface area contributed by atoms with Crippen molar-refractivity contribution in [1.82, 2.24) is 5.32 Å². The highest BCUT2D eigenvalue weighted by Crippen LogP contribution is 2.32. The van der Waals surface area contributed by atoms with Crippen LogP contribution in [0.1, 0.15) is 43.4 Å². The van der Waals surface area contributed by atoms with Gasteiger partial charge in [0.1, 0.15) is 0 Å². The molecule has 1 heterocycles. The summed E-state index contributed by atoms with van der Waals surface area (Å²) in [7, 11) is 0. The van der Waals surface area contributed by atoms with Crippen molar-refractivity contribution >= 4 is 43.2 Å². The number of hydrogen-bond acceptors (Lipinski definition) is 2. The molecule has 1 saturated carbocycles. The second kappa shape index (κ2) is 7.27. The van der Waals surface area contributed by atoms with Crippen LogP contribution in [0, 0.1) is 5.92 Å². The minimum Gasteiger partial charge on any atom is -0.312 e. The van der Waals surface area contributed by atoms with Gasteiger partial charge in [-0.25, -0.2) is 0 Å². The molecule has 0 aromatic carbocycles. The van der Waals surface area contributed by atoms with E-state index in [9.17, 15) is 0 Å². The molecule has 0 saturated heterocycles. The van der Waals surface area contributed by atoms with E-state index < -0.39 is 0 Å². The van der Waals surface area contributed by atoms with Crippen molar-refractivity contribution in [2.75, 3.05) is 6.54 Å². The zero-order valence-corrected chi connectivity index (χ0v) is 14.0. The number of nitrogens with one attached hydrogen (secondary N) is 1. The monoisotopic (exact) mass is 379 g/mol. The summed E-state index contributed by atoms with van der Waals surface area (Å²) in [5, 5.41) is 3.53. The molecule has 0 aliphatic heterocycles. The molecule has 1 nitrogen and oxygen atoms in total. The lowest BCUT2D eigenvalue weighted by molar-refractivity contribution is 0.471. The highest BCUT2D eigenvalue weighted by atomic mass is 79.9. The summed E-state index contributed by atoms with van der Waals surface area (Å²) in [6, 6.07) is 2.19. The van der Waals surface area contributed by atoms with Gasteiger partial charge in [-0.1, -0.05) is 25.7 Å². The quantitative estimate of drug-likeness (QED) is 0.657. The van der Waals surface area contributed by atoms with Gasteiger partial charge in [0, 0.05) is 15.9 Å². The van der Waals surface area contributed by atoms with Crippen LogP contribution in [0.25, 0.3) is 0 Å². The molecule has 1 fully saturated rings. The van der Waals surface area contributed by atoms with Gasteiger partial charge in [0.25, 0.3) is 0 Å². The Kier molecular flexibility index (Phi) is 6.00. The summed E-state index contributed by atoms with van der Waals surface area (Å²) in [4.78, 5) is 1.39. The number of halogens is 2. The molecule has 96 valence electrons. The van der Waals surface area contributed by atoms with Crippen LogP contribution in [0.15, 0.2) is 14.3 Å². The third kappa shape index (κ3) is 4.66. The van der Waals surface area contributed by atoms with Crippen molar-refractivity contribution in [2.24, 2.45) is 5.92 Å². The highest BCUT2D eigenvalue weighted by molar-refractivity contribution is 9.13. The van der Waals surface area contributed by atoms with Crippen molar-refractivity contribution in [3.63, 3.8) is 0 Å². The third-order valence-corrected chi connectivity index (χ3v) is 6.69. The molecule has 1 aromatic heterocycles. The fraction of sp³-hybridized carbons (Fsp3) is 0.692. The maximum Gasteiger partial charge on any atom is 0.0843 e. The predicted molar refractivity (Wildman–Crippen MR) is 82.6 cm³/mol. The first-order valence-corrected chi connectivity index (χ1v) is 8.80. The van der Waals surface area contributed by atoms with Gasteiger partial charge in [-0.2, -0.15) is 0 Å². The molecule has 0 bridgehead atoms. The topological polar surface area (TPSA) is 12.0 Å². The van der Waals surface area contributed by atoms with E-state index >= 15 is 0 Å². The van der Waals surface area contributed by atoms with Crippen molar-refractivity contribution in [3.8, 4) is 0 Å². The van der Waals surface area contributed by atoms with Crippen LogP contribution < -0.4 is 5.32 Å². The van der Waals surface area contributed by atoms with Crippen molar-refractivity contribution in [1.29, 1.82) is 0 Å². The average Bonchev–Trinajstić information content (AvgIpc) is 2.90. The van der Waals surface area contributed by atoms with E-state index in [2.05, 4.69) is 43.2 Å². The lowest BCUT2D eigenvalue weighted by Gasteiger charge is -2.08. The first kappa shape index (κ1) is 14.0. The van der Waals surface area contributed by atoms with Gasteiger partial charge < -0.3 is 5.32 Å². The van der Waals surface area contributed by atoms with Gasteiger partial charge in [-0.05, 0) is 63.2 Å². The molecule has 0 spiro atoms. The zero-order valence-electron chi connectivity index (χ0n) is 9.98. The van der Waals surface area contributed by atoms with Gasteiger partial charge in [-0.3, -0.25) is 0 Å². The van der Waals surface area contributed by atoms with Crippen LogP contribution in [0.5, 0.6) is 0 Å². The molecule has 0 radical (unpaired) electrons. The second-order valence-corrected chi connectivity index (χ2v) is 8.11. The van der Waals surface area contributed by atoms with Crippen LogP contribution in [0.3, 0.4) is 0 Å². The summed E-state index contributed by atoms with van der Waals surface area (Å²) in [6.45, 7) is 2.16. The van der Waals surface area contributed by atoms with E-state index in [0.29, 0.717) is 0 Å². The summed E-state index contributed by atoms with van der Waals surface area (Å²) >= 11 is 8.85. The largest absolute Gasteiger partial charge is 0.312 e. The number of thiophene rings is 1. The van der Waals surface area contributed by atoms with E-state index in [4.69, 9.17) is 0 Å². The summed E-state index contributed by atoms with van der Waals surface area (Å²) in [5.74, 6) is 1.03. The Morgan fingerprint density at radius 3 is 2.71 bits per heavy atom. The fourth-order valence-electron chi connectivity index (χ4n) is 2.50. The molecule has 2 rings (SSSR count). The molecule has 17 heavy (non-hydrogen) atoms. The smallest absolute Gasteiger partial charge is 0.0843 e. The minimum atomic E-state index is 1.000. The van der Waals surface area contributed by atoms with Crippen LogP contribution in [-0.4, -0.2) is 6.54 Å². The van der Waals surface area contributed by atoms with Crippen LogP contribution in [0.2, 0.25) is 0 Å². The lowest BCUT2D eigenvalue weighted by atomic mass is 10.0. The number of rotatable bonds is 6. The molecule has 1 aromatic rings. The summed E-state index contributed by atoms with van der Waals surface area (Å²) in [5.41, 5.74) is 0. The molecule has 0 amide bonds. The van der Waals surface area contributed by atoms with E-state index in [1.54, 1.807) is 11.3 Å². The van der Waals surface area contributed by atoms with Crippen molar-refractivity contribution in [2.45, 2.75) is 45.1 Å². The number of hydrogen-bond donors (Lipinski definition) is 1. The Balaban J connectivity index is 1.56. The van der Waals surface area contributed by atoms with Gasteiger partial charge in [-0.15, -0.1) is 11.3 Å². The summed E-state index contributed by atoms with van der Waals surface area (Å²) < 4.78 is 2.37. The van der Waals surface area contributed by atoms with Gasteiger partial charge >= 0.3 is 0 Å². The second-order valence-electron chi connectivity index (χ2n) is 4.80. The highest BCUT2D eigenvalue weighted by Gasteiger charge is 2.13. The average molecular weight is 381 g/mol. The van der Waals surface area contributed by atoms with Crippen LogP contribution in [-0.2, 0) is 6.54 Å². The SMILES string of the molecule is Brc1cc(CNCCCC2CCCC2)sc1Br. The first-order valence-electron chi connectivity index (χ1n) is 6.40. The summed E-state index contributed by atoms with van der Waals surface area (Å²) in [6.07, 6.45) is 8.64. The van der Waals surface area contributed by atoms with E-state index in [-0.39, 0.29) is 0 Å². The van der Waals surface area contributed by atoms with Crippen molar-refractivity contribution < 1.29 is 0 Å². The van der Waals surface area contributed by atoms with Crippen LogP contribution in [0.4, 0.5) is 0 Å². The third-order valence-electron chi connectivity index (χ3n) is 3.44. The molecule has 1 aliphatic rings. The van der Waals surface area contributed by atoms with Gasteiger partial charge in [0.15, 0.2) is 0 Å². The van der Waals surface area contributed by atoms with Crippen molar-refractivity contribution in [3.05, 3.63) is 19.2 Å². The Hall–Kier alpha value is 0.620. The van der Waals surface area contributed by atoms with Gasteiger partial charge in [0.05, 0.1) is 3.79 Å². The molecule has 4 heteroatoms. The normalized spacial score (nSPS) is 16.8. The van der Waals surface area contributed by atoms with E-state index in [1.165, 1.54) is 51.7 Å². The lowest BCUT2D eigenvalue weighted by Crippen LogP contribution is -2.14. The zero-order chi connectivity index (χ0) is 12.1. The molecule has 0 atom stereocenters. The maximum atomic E-state index is 3.53. The Morgan fingerprint density at radius 1 is 1.29 bits per heavy atom. The Bertz CT molecular complexity index is 326. The Morgan fingerprint density at radius 2 is 2.06 bits per heavy atom. The fourth-order valence-corrected chi connectivity index (χ4v) is 4.65. The molecule has 0 unspecified atom stereocenters.